The van der Waals surface area contributed by atoms with E-state index in [0.29, 0.717) is 18.8 Å². The molecule has 8 heteroatoms. The highest BCUT2D eigenvalue weighted by Crippen LogP contribution is 2.42. The van der Waals surface area contributed by atoms with Crippen molar-refractivity contribution in [2.45, 2.75) is 57.5 Å². The SMILES string of the molecule is CC1C(CN2CCCC2CO)OC(c2cccc(NC(=O)NCc3ccccc3)c2)OC1c1ccc(CO)cc1. The van der Waals surface area contributed by atoms with Crippen molar-refractivity contribution < 1.29 is 24.5 Å². The summed E-state index contributed by atoms with van der Waals surface area (Å²) in [5.74, 6) is 0.0567. The zero-order valence-electron chi connectivity index (χ0n) is 22.9. The van der Waals surface area contributed by atoms with Gasteiger partial charge in [0.15, 0.2) is 6.29 Å². The number of carbonyl (C=O) groups is 1. The van der Waals surface area contributed by atoms with Crippen molar-refractivity contribution in [2.75, 3.05) is 25.0 Å². The smallest absolute Gasteiger partial charge is 0.319 e. The van der Waals surface area contributed by atoms with E-state index in [1.165, 1.54) is 0 Å². The zero-order valence-corrected chi connectivity index (χ0v) is 22.9. The van der Waals surface area contributed by atoms with Gasteiger partial charge in [0.1, 0.15) is 0 Å². The average Bonchev–Trinajstić information content (AvgIpc) is 3.45. The third kappa shape index (κ3) is 6.89. The number of urea groups is 1. The van der Waals surface area contributed by atoms with Crippen LogP contribution in [0.15, 0.2) is 78.9 Å². The number of hydrogen-bond acceptors (Lipinski definition) is 6. The molecule has 8 nitrogen and oxygen atoms in total. The zero-order chi connectivity index (χ0) is 27.9. The third-order valence-corrected chi connectivity index (χ3v) is 7.96. The Kier molecular flexibility index (Phi) is 9.46. The Morgan fingerprint density at radius 2 is 1.75 bits per heavy atom. The van der Waals surface area contributed by atoms with Crippen molar-refractivity contribution in [3.8, 4) is 0 Å². The minimum Gasteiger partial charge on any atom is -0.395 e. The van der Waals surface area contributed by atoms with E-state index >= 15 is 0 Å². The average molecular weight is 546 g/mol. The maximum atomic E-state index is 12.6. The number of amides is 2. The van der Waals surface area contributed by atoms with E-state index in [9.17, 15) is 15.0 Å². The lowest BCUT2D eigenvalue weighted by molar-refractivity contribution is -0.276. The van der Waals surface area contributed by atoms with Gasteiger partial charge in [-0.05, 0) is 48.2 Å². The summed E-state index contributed by atoms with van der Waals surface area (Å²) in [5.41, 5.74) is 4.36. The summed E-state index contributed by atoms with van der Waals surface area (Å²) in [6.07, 6.45) is 1.08. The molecule has 2 fully saturated rings. The molecule has 0 bridgehead atoms. The normalized spacial score (nSPS) is 25.0. The molecule has 5 unspecified atom stereocenters. The van der Waals surface area contributed by atoms with E-state index < -0.39 is 6.29 Å². The minimum absolute atomic E-state index is 0.00799. The number of hydrogen-bond donors (Lipinski definition) is 4. The summed E-state index contributed by atoms with van der Waals surface area (Å²) in [7, 11) is 0. The summed E-state index contributed by atoms with van der Waals surface area (Å²) >= 11 is 0. The Morgan fingerprint density at radius 3 is 2.50 bits per heavy atom. The predicted molar refractivity (Wildman–Crippen MR) is 153 cm³/mol. The maximum absolute atomic E-state index is 12.6. The van der Waals surface area contributed by atoms with Crippen molar-refractivity contribution >= 4 is 11.7 Å². The number of anilines is 1. The van der Waals surface area contributed by atoms with Crippen molar-refractivity contribution in [2.24, 2.45) is 5.92 Å². The molecule has 5 atom stereocenters. The third-order valence-electron chi connectivity index (χ3n) is 7.96. The summed E-state index contributed by atoms with van der Waals surface area (Å²) in [6, 6.07) is 25.1. The van der Waals surface area contributed by atoms with Crippen molar-refractivity contribution in [3.05, 3.63) is 101 Å². The van der Waals surface area contributed by atoms with Crippen LogP contribution in [0.25, 0.3) is 0 Å². The number of ether oxygens (including phenoxy) is 2. The number of nitrogens with zero attached hydrogens (tertiary/aromatic N) is 1. The molecule has 0 aromatic heterocycles. The lowest BCUT2D eigenvalue weighted by Crippen LogP contribution is -2.46. The Balaban J connectivity index is 1.33. The maximum Gasteiger partial charge on any atom is 0.319 e. The van der Waals surface area contributed by atoms with Gasteiger partial charge in [-0.3, -0.25) is 4.90 Å². The van der Waals surface area contributed by atoms with Gasteiger partial charge in [0.05, 0.1) is 25.4 Å². The van der Waals surface area contributed by atoms with E-state index in [-0.39, 0.29) is 43.4 Å². The lowest BCUT2D eigenvalue weighted by atomic mass is 9.90. The monoisotopic (exact) mass is 545 g/mol. The molecule has 0 aliphatic carbocycles. The molecule has 3 aromatic rings. The van der Waals surface area contributed by atoms with Crippen LogP contribution in [-0.4, -0.2) is 53.0 Å². The van der Waals surface area contributed by atoms with Gasteiger partial charge in [0, 0.05) is 36.3 Å². The molecule has 40 heavy (non-hydrogen) atoms. The molecule has 4 N–H and O–H groups in total. The molecule has 212 valence electrons. The minimum atomic E-state index is -0.631. The van der Waals surface area contributed by atoms with Gasteiger partial charge in [-0.2, -0.15) is 0 Å². The second-order valence-electron chi connectivity index (χ2n) is 10.7. The quantitative estimate of drug-likeness (QED) is 0.310. The highest BCUT2D eigenvalue weighted by molar-refractivity contribution is 5.89. The molecular weight excluding hydrogens is 506 g/mol. The number of benzene rings is 3. The standard InChI is InChI=1S/C32H39N3O5/c1-22-29(19-35-16-6-11-28(35)21-37)39-31(40-30(22)25-14-12-24(20-36)13-15-25)26-9-5-10-27(17-26)34-32(38)33-18-23-7-3-2-4-8-23/h2-5,7-10,12-15,17,22,28-31,36-37H,6,11,16,18-21H2,1H3,(H2,33,34,38). The van der Waals surface area contributed by atoms with E-state index in [1.807, 2.05) is 78.9 Å². The summed E-state index contributed by atoms with van der Waals surface area (Å²) < 4.78 is 13.2. The highest BCUT2D eigenvalue weighted by Gasteiger charge is 2.40. The fraction of sp³-hybridized carbons (Fsp3) is 0.406. The first-order valence-corrected chi connectivity index (χ1v) is 14.1. The number of carbonyl (C=O) groups excluding carboxylic acids is 1. The fourth-order valence-electron chi connectivity index (χ4n) is 5.62. The number of likely N-dealkylation sites (tertiary alicyclic amines) is 1. The molecule has 2 heterocycles. The second-order valence-corrected chi connectivity index (χ2v) is 10.7. The molecule has 2 saturated heterocycles. The summed E-state index contributed by atoms with van der Waals surface area (Å²) in [6.45, 7) is 4.36. The van der Waals surface area contributed by atoms with Crippen LogP contribution in [0.2, 0.25) is 0 Å². The van der Waals surface area contributed by atoms with E-state index in [4.69, 9.17) is 9.47 Å². The number of aliphatic hydroxyl groups is 2. The van der Waals surface area contributed by atoms with Crippen LogP contribution in [0.4, 0.5) is 10.5 Å². The first kappa shape index (κ1) is 28.3. The first-order chi connectivity index (χ1) is 19.5. The Bertz CT molecular complexity index is 1240. The number of aliphatic hydroxyl groups excluding tert-OH is 2. The molecule has 0 radical (unpaired) electrons. The number of nitrogens with one attached hydrogen (secondary N) is 2. The molecule has 2 amide bonds. The van der Waals surface area contributed by atoms with Crippen LogP contribution in [0.5, 0.6) is 0 Å². The Hall–Kier alpha value is -3.27. The van der Waals surface area contributed by atoms with E-state index in [2.05, 4.69) is 22.5 Å². The van der Waals surface area contributed by atoms with Crippen molar-refractivity contribution in [1.82, 2.24) is 10.2 Å². The molecule has 0 saturated carbocycles. The van der Waals surface area contributed by atoms with Gasteiger partial charge < -0.3 is 30.3 Å². The van der Waals surface area contributed by atoms with Gasteiger partial charge >= 0.3 is 6.03 Å². The van der Waals surface area contributed by atoms with Gasteiger partial charge in [-0.25, -0.2) is 4.79 Å². The molecule has 0 spiro atoms. The molecular formula is C32H39N3O5. The molecule has 3 aromatic carbocycles. The molecule has 5 rings (SSSR count). The largest absolute Gasteiger partial charge is 0.395 e. The van der Waals surface area contributed by atoms with Crippen LogP contribution in [0, 0.1) is 5.92 Å². The predicted octanol–water partition coefficient (Wildman–Crippen LogP) is 4.75. The van der Waals surface area contributed by atoms with Gasteiger partial charge in [0.25, 0.3) is 0 Å². The first-order valence-electron chi connectivity index (χ1n) is 14.1. The van der Waals surface area contributed by atoms with Crippen molar-refractivity contribution in [3.63, 3.8) is 0 Å². The summed E-state index contributed by atoms with van der Waals surface area (Å²) in [5, 5.41) is 25.2. The molecule has 2 aliphatic rings. The van der Waals surface area contributed by atoms with Crippen LogP contribution in [0.3, 0.4) is 0 Å². The Morgan fingerprint density at radius 1 is 0.950 bits per heavy atom. The van der Waals surface area contributed by atoms with E-state index in [0.717, 1.165) is 41.6 Å². The lowest BCUT2D eigenvalue weighted by Gasteiger charge is -2.43. The van der Waals surface area contributed by atoms with Crippen LogP contribution in [-0.2, 0) is 22.6 Å². The fourth-order valence-corrected chi connectivity index (χ4v) is 5.62. The van der Waals surface area contributed by atoms with Gasteiger partial charge in [-0.1, -0.05) is 73.7 Å². The van der Waals surface area contributed by atoms with E-state index in [1.54, 1.807) is 0 Å². The summed E-state index contributed by atoms with van der Waals surface area (Å²) in [4.78, 5) is 14.9. The van der Waals surface area contributed by atoms with Crippen LogP contribution < -0.4 is 10.6 Å². The van der Waals surface area contributed by atoms with Crippen LogP contribution in [0.1, 0.15) is 54.4 Å². The molecule has 2 aliphatic heterocycles. The highest BCUT2D eigenvalue weighted by atomic mass is 16.7. The van der Waals surface area contributed by atoms with Crippen LogP contribution >= 0.6 is 0 Å². The van der Waals surface area contributed by atoms with Gasteiger partial charge in [0.2, 0.25) is 0 Å². The number of rotatable bonds is 9. The van der Waals surface area contributed by atoms with Crippen molar-refractivity contribution in [1.29, 1.82) is 0 Å². The topological polar surface area (TPSA) is 103 Å². The second kappa shape index (κ2) is 13.4. The van der Waals surface area contributed by atoms with Gasteiger partial charge in [-0.15, -0.1) is 0 Å². The Labute approximate surface area is 235 Å².